The van der Waals surface area contributed by atoms with E-state index in [2.05, 4.69) is 5.10 Å². The first-order valence-corrected chi connectivity index (χ1v) is 7.04. The van der Waals surface area contributed by atoms with Gasteiger partial charge in [0.25, 0.3) is 0 Å². The lowest BCUT2D eigenvalue weighted by molar-refractivity contribution is -0.135. The van der Waals surface area contributed by atoms with Crippen molar-refractivity contribution in [3.63, 3.8) is 0 Å². The maximum atomic E-state index is 11.1. The number of aliphatic carboxylic acids is 1. The van der Waals surface area contributed by atoms with Crippen molar-refractivity contribution in [3.8, 4) is 0 Å². The van der Waals surface area contributed by atoms with Crippen molar-refractivity contribution >= 4 is 34.9 Å². The summed E-state index contributed by atoms with van der Waals surface area (Å²) in [6.45, 7) is 2.05. The van der Waals surface area contributed by atoms with Crippen molar-refractivity contribution in [2.75, 3.05) is 11.4 Å². The molecular weight excluding hydrogens is 313 g/mol. The number of hydrogen-bond acceptors (Lipinski definition) is 3. The highest BCUT2D eigenvalue weighted by atomic mass is 35.5. The maximum absolute atomic E-state index is 11.1. The molecule has 112 valence electrons. The van der Waals surface area contributed by atoms with Gasteiger partial charge in [-0.2, -0.15) is 5.10 Å². The third-order valence-corrected chi connectivity index (χ3v) is 3.83. The van der Waals surface area contributed by atoms with Crippen LogP contribution in [0.4, 0.5) is 5.69 Å². The van der Waals surface area contributed by atoms with E-state index in [1.54, 1.807) is 34.8 Å². The van der Waals surface area contributed by atoms with Gasteiger partial charge in [-0.15, -0.1) is 0 Å². The Hall–Kier alpha value is -1.72. The minimum atomic E-state index is -0.923. The molecule has 0 fully saturated rings. The normalized spacial score (nSPS) is 10.7. The molecule has 0 saturated carbocycles. The molecule has 0 unspecified atom stereocenters. The van der Waals surface area contributed by atoms with Gasteiger partial charge in [-0.25, -0.2) is 0 Å². The Balaban J connectivity index is 2.35. The van der Waals surface area contributed by atoms with Crippen LogP contribution in [-0.2, 0) is 18.4 Å². The predicted molar refractivity (Wildman–Crippen MR) is 83.1 cm³/mol. The van der Waals surface area contributed by atoms with Gasteiger partial charge in [0.2, 0.25) is 0 Å². The van der Waals surface area contributed by atoms with E-state index in [9.17, 15) is 4.79 Å². The van der Waals surface area contributed by atoms with Gasteiger partial charge in [-0.1, -0.05) is 29.3 Å². The number of aryl methyl sites for hydroxylation is 2. The van der Waals surface area contributed by atoms with Crippen LogP contribution < -0.4 is 4.90 Å². The molecule has 21 heavy (non-hydrogen) atoms. The van der Waals surface area contributed by atoms with Crippen molar-refractivity contribution in [3.05, 3.63) is 45.7 Å². The van der Waals surface area contributed by atoms with Gasteiger partial charge in [-0.05, 0) is 25.1 Å². The molecule has 1 aromatic heterocycles. The number of aromatic nitrogens is 2. The molecule has 0 saturated heterocycles. The maximum Gasteiger partial charge on any atom is 0.323 e. The van der Waals surface area contributed by atoms with Crippen LogP contribution in [0, 0.1) is 6.92 Å². The van der Waals surface area contributed by atoms with Crippen LogP contribution in [0.15, 0.2) is 24.3 Å². The quantitative estimate of drug-likeness (QED) is 0.916. The lowest BCUT2D eigenvalue weighted by atomic mass is 10.2. The summed E-state index contributed by atoms with van der Waals surface area (Å²) in [6, 6.07) is 7.06. The number of rotatable bonds is 5. The molecule has 0 atom stereocenters. The molecule has 0 bridgehead atoms. The van der Waals surface area contributed by atoms with Gasteiger partial charge in [-0.3, -0.25) is 9.48 Å². The van der Waals surface area contributed by atoms with Crippen molar-refractivity contribution < 1.29 is 9.90 Å². The van der Waals surface area contributed by atoms with Crippen LogP contribution in [0.3, 0.4) is 0 Å². The van der Waals surface area contributed by atoms with Crippen molar-refractivity contribution in [2.24, 2.45) is 7.05 Å². The van der Waals surface area contributed by atoms with Gasteiger partial charge < -0.3 is 10.0 Å². The van der Waals surface area contributed by atoms with Crippen LogP contribution in [-0.4, -0.2) is 27.4 Å². The number of hydrogen-bond donors (Lipinski definition) is 1. The summed E-state index contributed by atoms with van der Waals surface area (Å²) in [5.41, 5.74) is 2.31. The molecule has 5 nitrogen and oxygen atoms in total. The number of nitrogens with zero attached hydrogens (tertiary/aromatic N) is 3. The number of carboxylic acid groups (broad SMARTS) is 1. The van der Waals surface area contributed by atoms with E-state index in [1.807, 2.05) is 13.0 Å². The Kier molecular flexibility index (Phi) is 4.75. The van der Waals surface area contributed by atoms with Crippen molar-refractivity contribution in [2.45, 2.75) is 13.5 Å². The number of anilines is 1. The van der Waals surface area contributed by atoms with E-state index in [0.717, 1.165) is 16.9 Å². The SMILES string of the molecule is Cc1nn(C)c(Cl)c1CN(CC(=O)O)c1cccc(Cl)c1. The highest BCUT2D eigenvalue weighted by Gasteiger charge is 2.18. The van der Waals surface area contributed by atoms with Crippen LogP contribution in [0.1, 0.15) is 11.3 Å². The molecule has 0 aliphatic carbocycles. The zero-order valence-electron chi connectivity index (χ0n) is 11.7. The summed E-state index contributed by atoms with van der Waals surface area (Å²) in [5.74, 6) is -0.923. The highest BCUT2D eigenvalue weighted by molar-refractivity contribution is 6.31. The molecule has 0 aliphatic heterocycles. The summed E-state index contributed by atoms with van der Waals surface area (Å²) in [5, 5.41) is 14.4. The minimum absolute atomic E-state index is 0.148. The first kappa shape index (κ1) is 15.7. The molecular formula is C14H15Cl2N3O2. The molecule has 1 N–H and O–H groups in total. The predicted octanol–water partition coefficient (Wildman–Crippen LogP) is 3.13. The lowest BCUT2D eigenvalue weighted by Crippen LogP contribution is -2.29. The van der Waals surface area contributed by atoms with Gasteiger partial charge in [0.15, 0.2) is 0 Å². The summed E-state index contributed by atoms with van der Waals surface area (Å²) in [7, 11) is 1.75. The van der Waals surface area contributed by atoms with Crippen LogP contribution in [0.2, 0.25) is 10.2 Å². The van der Waals surface area contributed by atoms with E-state index >= 15 is 0 Å². The van der Waals surface area contributed by atoms with E-state index in [0.29, 0.717) is 16.7 Å². The molecule has 0 spiro atoms. The Morgan fingerprint density at radius 2 is 2.14 bits per heavy atom. The van der Waals surface area contributed by atoms with E-state index in [4.69, 9.17) is 28.3 Å². The molecule has 7 heteroatoms. The summed E-state index contributed by atoms with van der Waals surface area (Å²) >= 11 is 12.2. The minimum Gasteiger partial charge on any atom is -0.480 e. The highest BCUT2D eigenvalue weighted by Crippen LogP contribution is 2.25. The van der Waals surface area contributed by atoms with Gasteiger partial charge in [0.05, 0.1) is 5.69 Å². The molecule has 0 aliphatic rings. The second kappa shape index (κ2) is 6.37. The van der Waals surface area contributed by atoms with Gasteiger partial charge in [0, 0.05) is 29.9 Å². The van der Waals surface area contributed by atoms with Gasteiger partial charge in [0.1, 0.15) is 11.7 Å². The number of carbonyl (C=O) groups is 1. The fraction of sp³-hybridized carbons (Fsp3) is 0.286. The van der Waals surface area contributed by atoms with E-state index < -0.39 is 5.97 Å². The molecule has 1 aromatic carbocycles. The smallest absolute Gasteiger partial charge is 0.323 e. The number of halogens is 2. The summed E-state index contributed by atoms with van der Waals surface area (Å²) in [6.07, 6.45) is 0. The average molecular weight is 328 g/mol. The first-order valence-electron chi connectivity index (χ1n) is 6.28. The molecule has 0 amide bonds. The average Bonchev–Trinajstić information content (AvgIpc) is 2.64. The van der Waals surface area contributed by atoms with E-state index in [1.165, 1.54) is 0 Å². The van der Waals surface area contributed by atoms with Crippen LogP contribution in [0.25, 0.3) is 0 Å². The second-order valence-corrected chi connectivity index (χ2v) is 5.50. The molecule has 2 rings (SSSR count). The fourth-order valence-corrected chi connectivity index (χ4v) is 2.54. The third-order valence-electron chi connectivity index (χ3n) is 3.12. The third kappa shape index (κ3) is 3.68. The Labute approximate surface area is 132 Å². The molecule has 2 aromatic rings. The Morgan fingerprint density at radius 3 is 2.67 bits per heavy atom. The monoisotopic (exact) mass is 327 g/mol. The lowest BCUT2D eigenvalue weighted by Gasteiger charge is -2.23. The fourth-order valence-electron chi connectivity index (χ4n) is 2.12. The van der Waals surface area contributed by atoms with Crippen LogP contribution in [0.5, 0.6) is 0 Å². The summed E-state index contributed by atoms with van der Waals surface area (Å²) < 4.78 is 1.57. The Bertz CT molecular complexity index is 670. The zero-order valence-corrected chi connectivity index (χ0v) is 13.2. The standard InChI is InChI=1S/C14H15Cl2N3O2/c1-9-12(14(16)18(2)17-9)7-19(8-13(20)21)11-5-3-4-10(15)6-11/h3-6H,7-8H2,1-2H3,(H,20,21). The number of benzene rings is 1. The van der Waals surface area contributed by atoms with Crippen molar-refractivity contribution in [1.29, 1.82) is 0 Å². The largest absolute Gasteiger partial charge is 0.480 e. The Morgan fingerprint density at radius 1 is 1.43 bits per heavy atom. The second-order valence-electron chi connectivity index (χ2n) is 4.71. The molecule has 1 heterocycles. The summed E-state index contributed by atoms with van der Waals surface area (Å²) in [4.78, 5) is 12.8. The molecule has 0 radical (unpaired) electrons. The topological polar surface area (TPSA) is 58.4 Å². The van der Waals surface area contributed by atoms with Gasteiger partial charge >= 0.3 is 5.97 Å². The number of carboxylic acids is 1. The van der Waals surface area contributed by atoms with Crippen LogP contribution >= 0.6 is 23.2 Å². The zero-order chi connectivity index (χ0) is 15.6. The van der Waals surface area contributed by atoms with Crippen molar-refractivity contribution in [1.82, 2.24) is 9.78 Å². The van der Waals surface area contributed by atoms with E-state index in [-0.39, 0.29) is 6.54 Å². The first-order chi connectivity index (χ1) is 9.88.